The summed E-state index contributed by atoms with van der Waals surface area (Å²) >= 11 is 0. The number of fused-ring (bicyclic) bond motifs is 1. The molecule has 1 aromatic carbocycles. The molecule has 1 saturated carbocycles. The van der Waals surface area contributed by atoms with Gasteiger partial charge in [-0.3, -0.25) is 4.79 Å². The van der Waals surface area contributed by atoms with E-state index in [9.17, 15) is 13.2 Å². The van der Waals surface area contributed by atoms with Crippen LogP contribution in [0.25, 0.3) is 11.0 Å². The van der Waals surface area contributed by atoms with E-state index in [4.69, 9.17) is 4.98 Å². The van der Waals surface area contributed by atoms with E-state index in [0.717, 1.165) is 29.5 Å². The molecule has 0 radical (unpaired) electrons. The van der Waals surface area contributed by atoms with Gasteiger partial charge < -0.3 is 5.32 Å². The Kier molecular flexibility index (Phi) is 5.31. The second-order valence-corrected chi connectivity index (χ2v) is 12.3. The number of carbonyl (C=O) groups excluding carboxylic acids is 1. The predicted molar refractivity (Wildman–Crippen MR) is 128 cm³/mol. The first-order valence-corrected chi connectivity index (χ1v) is 13.4. The van der Waals surface area contributed by atoms with E-state index in [1.807, 2.05) is 31.2 Å². The van der Waals surface area contributed by atoms with Gasteiger partial charge in [0, 0.05) is 23.6 Å². The molecule has 1 aliphatic carbocycles. The third kappa shape index (κ3) is 4.28. The van der Waals surface area contributed by atoms with E-state index in [2.05, 4.69) is 36.4 Å². The Bertz CT molecular complexity index is 1320. The van der Waals surface area contributed by atoms with Gasteiger partial charge in [0.05, 0.1) is 34.2 Å². The molecule has 5 rings (SSSR count). The second kappa shape index (κ2) is 7.94. The van der Waals surface area contributed by atoms with Crippen molar-refractivity contribution in [3.8, 4) is 0 Å². The van der Waals surface area contributed by atoms with Crippen molar-refractivity contribution < 1.29 is 13.2 Å². The highest BCUT2D eigenvalue weighted by atomic mass is 32.2. The molecule has 1 aliphatic heterocycles. The van der Waals surface area contributed by atoms with Crippen LogP contribution in [-0.4, -0.2) is 47.1 Å². The highest BCUT2D eigenvalue weighted by molar-refractivity contribution is 7.91. The van der Waals surface area contributed by atoms with E-state index in [1.54, 1.807) is 4.68 Å². The van der Waals surface area contributed by atoms with Crippen LogP contribution in [0.3, 0.4) is 0 Å². The van der Waals surface area contributed by atoms with Gasteiger partial charge in [0.1, 0.15) is 0 Å². The monoisotopic (exact) mass is 466 g/mol. The Morgan fingerprint density at radius 1 is 1.18 bits per heavy atom. The molecular formula is C25H30N4O3S. The predicted octanol–water partition coefficient (Wildman–Crippen LogP) is 3.68. The van der Waals surface area contributed by atoms with Gasteiger partial charge in [-0.15, -0.1) is 0 Å². The average molecular weight is 467 g/mol. The maximum Gasteiger partial charge on any atom is 0.252 e. The van der Waals surface area contributed by atoms with Gasteiger partial charge in [-0.05, 0) is 37.8 Å². The van der Waals surface area contributed by atoms with Gasteiger partial charge in [0.15, 0.2) is 15.5 Å². The summed E-state index contributed by atoms with van der Waals surface area (Å²) in [4.78, 5) is 18.3. The molecule has 1 amide bonds. The van der Waals surface area contributed by atoms with Crippen molar-refractivity contribution >= 4 is 26.8 Å². The molecule has 7 nitrogen and oxygen atoms in total. The number of nitrogens with one attached hydrogen (secondary N) is 1. The number of pyridine rings is 1. The number of amides is 1. The lowest BCUT2D eigenvalue weighted by molar-refractivity contribution is 0.0947. The van der Waals surface area contributed by atoms with Crippen molar-refractivity contribution in [2.45, 2.75) is 57.4 Å². The molecule has 174 valence electrons. The van der Waals surface area contributed by atoms with Crippen LogP contribution in [0.5, 0.6) is 0 Å². The van der Waals surface area contributed by atoms with E-state index >= 15 is 0 Å². The van der Waals surface area contributed by atoms with E-state index in [-0.39, 0.29) is 28.9 Å². The molecule has 1 unspecified atom stereocenters. The quantitative estimate of drug-likeness (QED) is 0.598. The summed E-state index contributed by atoms with van der Waals surface area (Å²) in [7, 11) is -3.06. The van der Waals surface area contributed by atoms with Crippen LogP contribution in [0.1, 0.15) is 72.4 Å². The Morgan fingerprint density at radius 2 is 1.91 bits per heavy atom. The molecule has 2 fully saturated rings. The highest BCUT2D eigenvalue weighted by Gasteiger charge is 2.34. The molecule has 1 atom stereocenters. The fourth-order valence-corrected chi connectivity index (χ4v) is 6.40. The molecule has 0 spiro atoms. The van der Waals surface area contributed by atoms with Gasteiger partial charge >= 0.3 is 0 Å². The number of nitrogens with zero attached hydrogens (tertiary/aromatic N) is 3. The molecule has 3 heterocycles. The lowest BCUT2D eigenvalue weighted by Gasteiger charge is -2.25. The van der Waals surface area contributed by atoms with E-state index in [0.29, 0.717) is 35.8 Å². The first-order valence-electron chi connectivity index (χ1n) is 11.6. The van der Waals surface area contributed by atoms with Crippen molar-refractivity contribution in [1.29, 1.82) is 0 Å². The smallest absolute Gasteiger partial charge is 0.252 e. The lowest BCUT2D eigenvalue weighted by atomic mass is 9.84. The minimum Gasteiger partial charge on any atom is -0.351 e. The second-order valence-electron chi connectivity index (χ2n) is 10.1. The van der Waals surface area contributed by atoms with Gasteiger partial charge in [0.25, 0.3) is 5.91 Å². The number of hydrogen-bond acceptors (Lipinski definition) is 5. The van der Waals surface area contributed by atoms with E-state index in [1.165, 1.54) is 0 Å². The molecule has 2 aliphatic rings. The minimum atomic E-state index is -3.06. The molecule has 2 aromatic heterocycles. The van der Waals surface area contributed by atoms with Gasteiger partial charge in [-0.1, -0.05) is 44.2 Å². The fraction of sp³-hybridized carbons (Fsp3) is 0.480. The Balaban J connectivity index is 1.50. The van der Waals surface area contributed by atoms with Crippen LogP contribution in [0.4, 0.5) is 0 Å². The number of benzene rings is 1. The van der Waals surface area contributed by atoms with Crippen LogP contribution < -0.4 is 5.32 Å². The van der Waals surface area contributed by atoms with Crippen molar-refractivity contribution in [2.75, 3.05) is 18.1 Å². The summed E-state index contributed by atoms with van der Waals surface area (Å²) in [5, 5.41) is 8.52. The first-order chi connectivity index (χ1) is 15.6. The summed E-state index contributed by atoms with van der Waals surface area (Å²) in [6, 6.07) is 11.8. The summed E-state index contributed by atoms with van der Waals surface area (Å²) in [6.45, 7) is 6.59. The number of aromatic nitrogens is 3. The number of sulfone groups is 1. The van der Waals surface area contributed by atoms with Crippen LogP contribution in [-0.2, 0) is 15.3 Å². The van der Waals surface area contributed by atoms with Crippen LogP contribution in [0, 0.1) is 6.92 Å². The van der Waals surface area contributed by atoms with Crippen LogP contribution in [0.2, 0.25) is 0 Å². The zero-order chi connectivity index (χ0) is 23.4. The van der Waals surface area contributed by atoms with Gasteiger partial charge in [-0.25, -0.2) is 18.1 Å². The van der Waals surface area contributed by atoms with Crippen molar-refractivity contribution in [3.63, 3.8) is 0 Å². The average Bonchev–Trinajstić information content (AvgIpc) is 3.51. The van der Waals surface area contributed by atoms with Gasteiger partial charge in [0.2, 0.25) is 0 Å². The number of carbonyl (C=O) groups is 1. The van der Waals surface area contributed by atoms with Gasteiger partial charge in [-0.2, -0.15) is 5.10 Å². The summed E-state index contributed by atoms with van der Waals surface area (Å²) in [6.07, 6.45) is 2.65. The Labute approximate surface area is 194 Å². The number of hydrogen-bond donors (Lipinski definition) is 1. The first kappa shape index (κ1) is 22.1. The van der Waals surface area contributed by atoms with Crippen molar-refractivity contribution in [3.05, 3.63) is 58.9 Å². The lowest BCUT2D eigenvalue weighted by Crippen LogP contribution is -2.36. The molecule has 8 heteroatoms. The molecule has 0 bridgehead atoms. The minimum absolute atomic E-state index is 0.0748. The Hall–Kier alpha value is -2.74. The topological polar surface area (TPSA) is 93.9 Å². The molecule has 33 heavy (non-hydrogen) atoms. The van der Waals surface area contributed by atoms with Crippen molar-refractivity contribution in [2.24, 2.45) is 0 Å². The largest absolute Gasteiger partial charge is 0.351 e. The normalized spacial score (nSPS) is 20.3. The maximum absolute atomic E-state index is 13.4. The van der Waals surface area contributed by atoms with Crippen molar-refractivity contribution in [1.82, 2.24) is 20.1 Å². The molecule has 1 saturated heterocycles. The third-order valence-corrected chi connectivity index (χ3v) is 8.65. The number of aryl methyl sites for hydroxylation is 1. The van der Waals surface area contributed by atoms with E-state index < -0.39 is 9.84 Å². The molecular weight excluding hydrogens is 436 g/mol. The van der Waals surface area contributed by atoms with Crippen LogP contribution in [0.15, 0.2) is 36.4 Å². The SMILES string of the molecule is Cc1nn(C2CCS(=O)(=O)C2)c2nc(C3CC3)cc(C(=O)NCC(C)(C)c3ccccc3)c12. The standard InChI is InChI=1S/C25H30N4O3S/c1-16-22-20(24(30)26-15-25(2,3)18-7-5-4-6-8-18)13-21(17-9-10-17)27-23(22)29(28-16)19-11-12-33(31,32)14-19/h4-8,13,17,19H,9-12,14-15H2,1-3H3,(H,26,30). The summed E-state index contributed by atoms with van der Waals surface area (Å²) in [5.74, 6) is 0.459. The summed E-state index contributed by atoms with van der Waals surface area (Å²) in [5.41, 5.74) is 3.76. The number of rotatable bonds is 6. The highest BCUT2D eigenvalue weighted by Crippen LogP contribution is 2.41. The summed E-state index contributed by atoms with van der Waals surface area (Å²) < 4.78 is 25.9. The third-order valence-electron chi connectivity index (χ3n) is 6.90. The Morgan fingerprint density at radius 3 is 2.55 bits per heavy atom. The maximum atomic E-state index is 13.4. The van der Waals surface area contributed by atoms with Crippen LogP contribution >= 0.6 is 0 Å². The fourth-order valence-electron chi connectivity index (χ4n) is 4.71. The zero-order valence-electron chi connectivity index (χ0n) is 19.3. The molecule has 1 N–H and O–H groups in total. The zero-order valence-corrected chi connectivity index (χ0v) is 20.2. The molecule has 3 aromatic rings.